The predicted molar refractivity (Wildman–Crippen MR) is 85.6 cm³/mol. The SMILES string of the molecule is COc1cnn(C(F)F)c1-c1ccn2nc(NC(=O)C3CC3)cc2c1. The van der Waals surface area contributed by atoms with Crippen molar-refractivity contribution in [3.05, 3.63) is 30.6 Å². The zero-order chi connectivity index (χ0) is 17.6. The molecular formula is C16H15F2N5O2. The molecule has 130 valence electrons. The highest BCUT2D eigenvalue weighted by atomic mass is 19.3. The molecule has 0 aromatic carbocycles. The molecule has 0 radical (unpaired) electrons. The summed E-state index contributed by atoms with van der Waals surface area (Å²) in [6.07, 6.45) is 4.70. The number of ether oxygens (including phenoxy) is 1. The number of aromatic nitrogens is 4. The number of hydrogen-bond donors (Lipinski definition) is 1. The first-order valence-electron chi connectivity index (χ1n) is 7.77. The molecule has 0 spiro atoms. The summed E-state index contributed by atoms with van der Waals surface area (Å²) < 4.78 is 33.7. The second-order valence-electron chi connectivity index (χ2n) is 5.86. The molecule has 1 saturated carbocycles. The van der Waals surface area contributed by atoms with Gasteiger partial charge in [-0.2, -0.15) is 23.7 Å². The number of rotatable bonds is 5. The van der Waals surface area contributed by atoms with Crippen molar-refractivity contribution < 1.29 is 18.3 Å². The van der Waals surface area contributed by atoms with Gasteiger partial charge in [-0.15, -0.1) is 0 Å². The van der Waals surface area contributed by atoms with Gasteiger partial charge in [0.05, 0.1) is 18.8 Å². The summed E-state index contributed by atoms with van der Waals surface area (Å²) in [7, 11) is 1.40. The Kier molecular flexibility index (Phi) is 3.63. The van der Waals surface area contributed by atoms with Crippen molar-refractivity contribution in [1.82, 2.24) is 19.4 Å². The standard InChI is InChI=1S/C16H15F2N5O2/c1-25-12-8-19-23(16(17)18)14(12)10-4-5-22-11(6-10)7-13(21-22)20-15(24)9-2-3-9/h4-9,16H,2-3H2,1H3,(H,20,21,24). The van der Waals surface area contributed by atoms with E-state index in [-0.39, 0.29) is 23.3 Å². The molecule has 3 heterocycles. The van der Waals surface area contributed by atoms with E-state index in [0.29, 0.717) is 21.6 Å². The molecule has 0 atom stereocenters. The molecule has 9 heteroatoms. The van der Waals surface area contributed by atoms with Crippen molar-refractivity contribution in [2.75, 3.05) is 12.4 Å². The van der Waals surface area contributed by atoms with E-state index in [1.54, 1.807) is 28.9 Å². The highest BCUT2D eigenvalue weighted by molar-refractivity contribution is 5.93. The summed E-state index contributed by atoms with van der Waals surface area (Å²) in [5.41, 5.74) is 1.36. The van der Waals surface area contributed by atoms with Crippen molar-refractivity contribution in [2.24, 2.45) is 5.92 Å². The number of pyridine rings is 1. The van der Waals surface area contributed by atoms with Gasteiger partial charge in [0.1, 0.15) is 5.69 Å². The molecule has 3 aromatic heterocycles. The number of alkyl halides is 2. The largest absolute Gasteiger partial charge is 0.493 e. The number of hydrogen-bond acceptors (Lipinski definition) is 4. The quantitative estimate of drug-likeness (QED) is 0.770. The van der Waals surface area contributed by atoms with Crippen molar-refractivity contribution in [3.63, 3.8) is 0 Å². The fourth-order valence-electron chi connectivity index (χ4n) is 2.69. The highest BCUT2D eigenvalue weighted by Crippen LogP contribution is 2.34. The van der Waals surface area contributed by atoms with Crippen LogP contribution in [0.2, 0.25) is 0 Å². The zero-order valence-electron chi connectivity index (χ0n) is 13.3. The van der Waals surface area contributed by atoms with Crippen LogP contribution in [0.5, 0.6) is 5.75 Å². The van der Waals surface area contributed by atoms with E-state index in [1.165, 1.54) is 13.3 Å². The summed E-state index contributed by atoms with van der Waals surface area (Å²) in [6, 6.07) is 5.03. The number of fused-ring (bicyclic) bond motifs is 1. The molecule has 0 aliphatic heterocycles. The van der Waals surface area contributed by atoms with Gasteiger partial charge in [-0.05, 0) is 25.0 Å². The Hall–Kier alpha value is -2.97. The minimum atomic E-state index is -2.78. The fourth-order valence-corrected chi connectivity index (χ4v) is 2.69. The Morgan fingerprint density at radius 2 is 2.20 bits per heavy atom. The first-order chi connectivity index (χ1) is 12.1. The summed E-state index contributed by atoms with van der Waals surface area (Å²) in [6.45, 7) is -2.78. The average molecular weight is 347 g/mol. The van der Waals surface area contributed by atoms with Gasteiger partial charge in [0.2, 0.25) is 5.91 Å². The Bertz CT molecular complexity index is 945. The lowest BCUT2D eigenvalue weighted by Crippen LogP contribution is -2.13. The normalized spacial score (nSPS) is 14.2. The molecule has 1 N–H and O–H groups in total. The minimum Gasteiger partial charge on any atom is -0.493 e. The van der Waals surface area contributed by atoms with Crippen LogP contribution in [0.15, 0.2) is 30.6 Å². The van der Waals surface area contributed by atoms with Gasteiger partial charge in [-0.3, -0.25) is 4.79 Å². The maximum absolute atomic E-state index is 13.2. The molecule has 1 fully saturated rings. The van der Waals surface area contributed by atoms with E-state index in [0.717, 1.165) is 12.8 Å². The van der Waals surface area contributed by atoms with Crippen LogP contribution in [0, 0.1) is 5.92 Å². The summed E-state index contributed by atoms with van der Waals surface area (Å²) in [4.78, 5) is 11.8. The third kappa shape index (κ3) is 2.81. The lowest BCUT2D eigenvalue weighted by Gasteiger charge is -2.08. The first-order valence-corrected chi connectivity index (χ1v) is 7.77. The van der Waals surface area contributed by atoms with Crippen molar-refractivity contribution in [3.8, 4) is 17.0 Å². The second-order valence-corrected chi connectivity index (χ2v) is 5.86. The van der Waals surface area contributed by atoms with E-state index in [4.69, 9.17) is 4.74 Å². The number of carbonyl (C=O) groups excluding carboxylic acids is 1. The van der Waals surface area contributed by atoms with Crippen LogP contribution in [0.25, 0.3) is 16.8 Å². The van der Waals surface area contributed by atoms with Gasteiger partial charge >= 0.3 is 6.55 Å². The van der Waals surface area contributed by atoms with Crippen molar-refractivity contribution in [2.45, 2.75) is 19.4 Å². The van der Waals surface area contributed by atoms with Crippen LogP contribution in [0.1, 0.15) is 19.4 Å². The smallest absolute Gasteiger partial charge is 0.333 e. The van der Waals surface area contributed by atoms with E-state index in [2.05, 4.69) is 15.5 Å². The van der Waals surface area contributed by atoms with Crippen molar-refractivity contribution >= 4 is 17.2 Å². The molecule has 0 saturated heterocycles. The number of anilines is 1. The molecule has 1 amide bonds. The van der Waals surface area contributed by atoms with Gasteiger partial charge < -0.3 is 10.1 Å². The Labute approximate surface area is 141 Å². The lowest BCUT2D eigenvalue weighted by atomic mass is 10.1. The third-order valence-corrected chi connectivity index (χ3v) is 4.10. The van der Waals surface area contributed by atoms with Gasteiger partial charge in [-0.25, -0.2) is 4.52 Å². The number of nitrogens with one attached hydrogen (secondary N) is 1. The topological polar surface area (TPSA) is 73.5 Å². The number of carbonyl (C=O) groups is 1. The number of amides is 1. The molecule has 0 bridgehead atoms. The Morgan fingerprint density at radius 3 is 2.88 bits per heavy atom. The van der Waals surface area contributed by atoms with E-state index < -0.39 is 6.55 Å². The lowest BCUT2D eigenvalue weighted by molar-refractivity contribution is -0.117. The van der Waals surface area contributed by atoms with Crippen LogP contribution < -0.4 is 10.1 Å². The maximum atomic E-state index is 13.2. The Morgan fingerprint density at radius 1 is 1.40 bits per heavy atom. The molecule has 25 heavy (non-hydrogen) atoms. The number of nitrogens with zero attached hydrogens (tertiary/aromatic N) is 4. The molecule has 0 unspecified atom stereocenters. The average Bonchev–Trinajstić information content (AvgIpc) is 3.22. The van der Waals surface area contributed by atoms with Crippen LogP contribution >= 0.6 is 0 Å². The summed E-state index contributed by atoms with van der Waals surface area (Å²) >= 11 is 0. The summed E-state index contributed by atoms with van der Waals surface area (Å²) in [5, 5.41) is 10.7. The van der Waals surface area contributed by atoms with Gasteiger partial charge in [-0.1, -0.05) is 0 Å². The Balaban J connectivity index is 1.71. The van der Waals surface area contributed by atoms with E-state index in [1.807, 2.05) is 0 Å². The van der Waals surface area contributed by atoms with Crippen molar-refractivity contribution in [1.29, 1.82) is 0 Å². The third-order valence-electron chi connectivity index (χ3n) is 4.10. The molecular weight excluding hydrogens is 332 g/mol. The van der Waals surface area contributed by atoms with Crippen LogP contribution in [0.3, 0.4) is 0 Å². The zero-order valence-corrected chi connectivity index (χ0v) is 13.3. The van der Waals surface area contributed by atoms with Gasteiger partial charge in [0.15, 0.2) is 11.6 Å². The minimum absolute atomic E-state index is 0.0407. The predicted octanol–water partition coefficient (Wildman–Crippen LogP) is 2.95. The molecule has 4 rings (SSSR count). The monoisotopic (exact) mass is 347 g/mol. The van der Waals surface area contributed by atoms with Gasteiger partial charge in [0, 0.05) is 23.7 Å². The van der Waals surface area contributed by atoms with Crippen LogP contribution in [0.4, 0.5) is 14.6 Å². The van der Waals surface area contributed by atoms with E-state index >= 15 is 0 Å². The molecule has 7 nitrogen and oxygen atoms in total. The molecule has 1 aliphatic carbocycles. The molecule has 1 aliphatic rings. The van der Waals surface area contributed by atoms with E-state index in [9.17, 15) is 13.6 Å². The maximum Gasteiger partial charge on any atom is 0.333 e. The highest BCUT2D eigenvalue weighted by Gasteiger charge is 2.30. The van der Waals surface area contributed by atoms with Crippen LogP contribution in [-0.4, -0.2) is 32.4 Å². The van der Waals surface area contributed by atoms with Gasteiger partial charge in [0.25, 0.3) is 0 Å². The first kappa shape index (κ1) is 15.6. The van der Waals surface area contributed by atoms with Crippen LogP contribution in [-0.2, 0) is 4.79 Å². The fraction of sp³-hybridized carbons (Fsp3) is 0.312. The number of halogens is 2. The second kappa shape index (κ2) is 5.83. The number of methoxy groups -OCH3 is 1. The molecule has 3 aromatic rings. The summed E-state index contributed by atoms with van der Waals surface area (Å²) in [5.74, 6) is 0.723.